The number of rotatable bonds is 19. The Labute approximate surface area is 468 Å². The van der Waals surface area contributed by atoms with Gasteiger partial charge in [-0.2, -0.15) is 29.0 Å². The van der Waals surface area contributed by atoms with Crippen LogP contribution in [0, 0.1) is 12.8 Å². The van der Waals surface area contributed by atoms with Crippen molar-refractivity contribution in [1.29, 1.82) is 0 Å². The molecule has 4 aliphatic rings. The fourth-order valence-corrected chi connectivity index (χ4v) is 12.3. The fraction of sp³-hybridized carbons (Fsp3) is 0.333. The van der Waals surface area contributed by atoms with Gasteiger partial charge in [0.05, 0.1) is 41.9 Å². The number of amides is 1. The van der Waals surface area contributed by atoms with Crippen LogP contribution in [0.3, 0.4) is 0 Å². The van der Waals surface area contributed by atoms with Gasteiger partial charge < -0.3 is 19.9 Å². The zero-order valence-corrected chi connectivity index (χ0v) is 45.6. The van der Waals surface area contributed by atoms with Crippen LogP contribution in [0.1, 0.15) is 87.6 Å². The number of benzene rings is 4. The molecule has 424 valence electrons. The fourth-order valence-electron chi connectivity index (χ4n) is 7.95. The highest BCUT2D eigenvalue weighted by atomic mass is 35.5. The minimum absolute atomic E-state index is 0.0362. The molecule has 6 N–H and O–H groups in total. The quantitative estimate of drug-likeness (QED) is 0.0437. The van der Waals surface area contributed by atoms with Crippen LogP contribution in [0.4, 0.5) is 17.6 Å². The van der Waals surface area contributed by atoms with E-state index in [2.05, 4.69) is 25.0 Å². The molecule has 4 aliphatic carbocycles. The zero-order valence-electron chi connectivity index (χ0n) is 40.9. The van der Waals surface area contributed by atoms with Crippen molar-refractivity contribution in [3.8, 4) is 40.1 Å². The van der Waals surface area contributed by atoms with Gasteiger partial charge in [-0.25, -0.2) is 44.0 Å². The first-order valence-electron chi connectivity index (χ1n) is 23.8. The summed E-state index contributed by atoms with van der Waals surface area (Å²) in [5.41, 5.74) is -9.57. The number of nitrogens with one attached hydrogen (secondary N) is 5. The molecular formula is C48H41Cl4F4N9O13S2. The Bertz CT molecular complexity index is 3720. The van der Waals surface area contributed by atoms with E-state index in [9.17, 15) is 68.3 Å². The number of alkyl halides is 4. The van der Waals surface area contributed by atoms with Gasteiger partial charge in [-0.05, 0) is 112 Å². The van der Waals surface area contributed by atoms with E-state index in [4.69, 9.17) is 55.9 Å². The number of nitrogens with zero attached hydrogens (tertiary/aromatic N) is 4. The third kappa shape index (κ3) is 12.6. The minimum Gasteiger partial charge on any atom is -0.507 e. The number of aromatic nitrogens is 6. The molecule has 4 saturated carbocycles. The number of halogens is 8. The monoisotopic (exact) mass is 1230 g/mol. The molecule has 2 heterocycles. The molecule has 0 aliphatic heterocycles. The highest BCUT2D eigenvalue weighted by molar-refractivity contribution is 7.90. The topological polar surface area (TPSA) is 313 Å². The zero-order chi connectivity index (χ0) is 58.0. The van der Waals surface area contributed by atoms with E-state index in [0.717, 1.165) is 62.1 Å². The Morgan fingerprint density at radius 2 is 1.10 bits per heavy atom. The highest BCUT2D eigenvalue weighted by Gasteiger charge is 2.54. The number of aromatic hydroxyl groups is 1. The van der Waals surface area contributed by atoms with Crippen LogP contribution in [0.5, 0.6) is 28.7 Å². The van der Waals surface area contributed by atoms with E-state index in [-0.39, 0.29) is 83.0 Å². The molecule has 1 amide bonds. The van der Waals surface area contributed by atoms with Crippen LogP contribution >= 0.6 is 46.4 Å². The van der Waals surface area contributed by atoms with Gasteiger partial charge in [-0.3, -0.25) is 29.1 Å². The Hall–Kier alpha value is -6.66. The summed E-state index contributed by atoms with van der Waals surface area (Å²) in [7, 11) is -8.48. The summed E-state index contributed by atoms with van der Waals surface area (Å²) < 4.78 is 123. The number of aryl methyl sites for hydroxylation is 1. The van der Waals surface area contributed by atoms with E-state index < -0.39 is 88.5 Å². The maximum Gasteiger partial charge on any atom is 0.349 e. The van der Waals surface area contributed by atoms with E-state index in [0.29, 0.717) is 47.0 Å². The molecule has 32 heteroatoms. The maximum absolute atomic E-state index is 13.3. The second-order valence-electron chi connectivity index (χ2n) is 19.1. The molecule has 4 fully saturated rings. The lowest BCUT2D eigenvalue weighted by Gasteiger charge is -2.19. The molecule has 0 radical (unpaired) electrons. The molecule has 0 atom stereocenters. The molecule has 80 heavy (non-hydrogen) atoms. The molecule has 22 nitrogen and oxygen atoms in total. The van der Waals surface area contributed by atoms with Gasteiger partial charge in [0.15, 0.2) is 28.7 Å². The van der Waals surface area contributed by atoms with Crippen molar-refractivity contribution in [3.05, 3.63) is 139 Å². The molecule has 4 aromatic carbocycles. The smallest absolute Gasteiger partial charge is 0.349 e. The number of ether oxygens (including phenoxy) is 2. The number of hydrogen-bond acceptors (Lipinski definition) is 15. The van der Waals surface area contributed by atoms with Crippen LogP contribution in [-0.2, 0) is 29.6 Å². The Balaban J connectivity index is 0.000000194. The van der Waals surface area contributed by atoms with E-state index in [1.807, 2.05) is 0 Å². The van der Waals surface area contributed by atoms with E-state index >= 15 is 0 Å². The number of phenols is 1. The van der Waals surface area contributed by atoms with Gasteiger partial charge in [0.2, 0.25) is 26.0 Å². The molecule has 0 unspecified atom stereocenters. The van der Waals surface area contributed by atoms with Crippen LogP contribution in [0.25, 0.3) is 11.4 Å². The maximum atomic E-state index is 13.3. The standard InChI is InChI=1S/C24H21Cl2F2N5O6S.C24H20Cl2F2N4O7S/c1-11-2-5-14(10-17(11)40(37,38)32-24(6-7-24)22(35)29-12-3-4-12)39-19-15(25)8-13(9-16(19)26)33-23(36)30-21(34)18(31-33)20(27)28;25-14-8-12(32-23(36)29-22(35)19(30-32)21(27)28)9-15(26)20(14)39-13-3-4-16(33)17(10-13)40(37,38)31-24(5-6-24)18(34)7-11-1-2-11/h2,5,8-10,12,20,32H,3-4,6-7H2,1H3,(H,29,35)(H,30,34,36);3-4,8-11,21,31,33H,1-2,5-7H2,(H,29,35,36). The molecule has 2 aromatic heterocycles. The Morgan fingerprint density at radius 1 is 0.675 bits per heavy atom. The van der Waals surface area contributed by atoms with Crippen molar-refractivity contribution in [1.82, 2.24) is 44.3 Å². The summed E-state index contributed by atoms with van der Waals surface area (Å²) in [6, 6.07) is 12.1. The number of sulfonamides is 2. The number of H-pyrrole nitrogens is 2. The van der Waals surface area contributed by atoms with Gasteiger partial charge >= 0.3 is 11.4 Å². The number of hydrogen-bond donors (Lipinski definition) is 6. The van der Waals surface area contributed by atoms with Crippen LogP contribution in [0.2, 0.25) is 20.1 Å². The molecule has 6 aromatic rings. The number of carbonyl (C=O) groups is 2. The first kappa shape index (κ1) is 58.0. The summed E-state index contributed by atoms with van der Waals surface area (Å²) >= 11 is 25.2. The highest BCUT2D eigenvalue weighted by Crippen LogP contribution is 2.45. The first-order valence-corrected chi connectivity index (χ1v) is 28.3. The first-order chi connectivity index (χ1) is 37.6. The van der Waals surface area contributed by atoms with Crippen LogP contribution in [0.15, 0.2) is 89.6 Å². The Morgan fingerprint density at radius 3 is 1.52 bits per heavy atom. The van der Waals surface area contributed by atoms with Gasteiger partial charge in [0.25, 0.3) is 24.0 Å². The second-order valence-corrected chi connectivity index (χ2v) is 24.1. The van der Waals surface area contributed by atoms with Crippen LogP contribution < -0.4 is 46.7 Å². The third-order valence-electron chi connectivity index (χ3n) is 12.9. The predicted molar refractivity (Wildman–Crippen MR) is 278 cm³/mol. The number of carbonyl (C=O) groups excluding carboxylic acids is 2. The van der Waals surface area contributed by atoms with Crippen molar-refractivity contribution in [3.63, 3.8) is 0 Å². The number of aromatic amines is 2. The predicted octanol–water partition coefficient (Wildman–Crippen LogP) is 7.20. The Kier molecular flexibility index (Phi) is 16.0. The summed E-state index contributed by atoms with van der Waals surface area (Å²) in [5.74, 6) is -1.22. The van der Waals surface area contributed by atoms with Crippen molar-refractivity contribution in [2.75, 3.05) is 0 Å². The summed E-state index contributed by atoms with van der Waals surface area (Å²) in [6.45, 7) is 1.58. The van der Waals surface area contributed by atoms with Gasteiger partial charge in [-0.15, -0.1) is 0 Å². The second kappa shape index (κ2) is 22.0. The summed E-state index contributed by atoms with van der Waals surface area (Å²) in [4.78, 5) is 75.6. The third-order valence-corrected chi connectivity index (χ3v) is 17.3. The lowest BCUT2D eigenvalue weighted by Crippen LogP contribution is -2.49. The normalized spacial score (nSPS) is 16.2. The summed E-state index contributed by atoms with van der Waals surface area (Å²) in [5, 5.41) is 19.1. The van der Waals surface area contributed by atoms with Gasteiger partial charge in [0, 0.05) is 24.6 Å². The van der Waals surface area contributed by atoms with Gasteiger partial charge in [-0.1, -0.05) is 52.5 Å². The SMILES string of the molecule is Cc1ccc(Oc2c(Cl)cc(-n3nc(C(F)F)c(=O)[nH]c3=O)cc2Cl)cc1S(=O)(=O)NC1(C(=O)NC2CC2)CC1.O=C(CC1CC1)C1(NS(=O)(=O)c2cc(Oc3c(Cl)cc(-n4nc(C(F)F)c(=O)[nH]c4=O)cc3Cl)ccc2O)CC1. The van der Waals surface area contributed by atoms with Crippen LogP contribution in [-0.4, -0.2) is 80.3 Å². The lowest BCUT2D eigenvalue weighted by atomic mass is 10.1. The molecular weight excluding hydrogens is 1190 g/mol. The lowest BCUT2D eigenvalue weighted by molar-refractivity contribution is -0.124. The molecule has 0 bridgehead atoms. The molecule has 0 spiro atoms. The van der Waals surface area contributed by atoms with Crippen molar-refractivity contribution in [2.45, 2.75) is 104 Å². The van der Waals surface area contributed by atoms with Crippen molar-refractivity contribution >= 4 is 78.1 Å². The largest absolute Gasteiger partial charge is 0.507 e. The average molecular weight is 1230 g/mol. The number of phenolic OH excluding ortho intramolecular Hbond substituents is 1. The van der Waals surface area contributed by atoms with E-state index in [1.54, 1.807) is 16.9 Å². The van der Waals surface area contributed by atoms with Crippen molar-refractivity contribution < 1.29 is 58.6 Å². The average Bonchev–Trinajstić information content (AvgIpc) is 4.15. The molecule has 10 rings (SSSR count). The number of ketones is 1. The summed E-state index contributed by atoms with van der Waals surface area (Å²) in [6.07, 6.45) is -1.11. The number of Topliss-reactive ketones (excluding diaryl/α,β-unsaturated/α-hetero) is 1. The molecule has 0 saturated heterocycles. The van der Waals surface area contributed by atoms with E-state index in [1.165, 1.54) is 24.3 Å². The minimum atomic E-state index is -4.35. The van der Waals surface area contributed by atoms with Crippen molar-refractivity contribution in [2.24, 2.45) is 5.92 Å². The van der Waals surface area contributed by atoms with Gasteiger partial charge in [0.1, 0.15) is 27.7 Å².